The van der Waals surface area contributed by atoms with Crippen LogP contribution in [0, 0.1) is 10.1 Å². The van der Waals surface area contributed by atoms with E-state index >= 15 is 0 Å². The Morgan fingerprint density at radius 1 is 1.41 bits per heavy atom. The maximum atomic E-state index is 11.4. The number of methoxy groups -OCH3 is 1. The van der Waals surface area contributed by atoms with Gasteiger partial charge in [-0.3, -0.25) is 14.9 Å². The molecule has 0 radical (unpaired) electrons. The van der Waals surface area contributed by atoms with Crippen LogP contribution in [0.25, 0.3) is 0 Å². The molecule has 17 heavy (non-hydrogen) atoms. The van der Waals surface area contributed by atoms with Crippen LogP contribution in [-0.2, 0) is 9.53 Å². The van der Waals surface area contributed by atoms with Gasteiger partial charge < -0.3 is 10.1 Å². The van der Waals surface area contributed by atoms with Crippen LogP contribution < -0.4 is 5.32 Å². The average Bonchev–Trinajstić information content (AvgIpc) is 2.27. The number of ether oxygens (including phenoxy) is 1. The predicted octanol–water partition coefficient (Wildman–Crippen LogP) is 1.34. The van der Waals surface area contributed by atoms with Gasteiger partial charge in [-0.25, -0.2) is 4.79 Å². The summed E-state index contributed by atoms with van der Waals surface area (Å²) >= 11 is 0. The molecule has 1 N–H and O–H groups in total. The topological polar surface area (TPSA) is 98.5 Å². The highest BCUT2D eigenvalue weighted by Crippen LogP contribution is 2.22. The zero-order valence-corrected chi connectivity index (χ0v) is 9.22. The largest absolute Gasteiger partial charge is 0.465 e. The molecule has 90 valence electrons. The van der Waals surface area contributed by atoms with E-state index in [1.54, 1.807) is 0 Å². The van der Waals surface area contributed by atoms with E-state index in [1.165, 1.54) is 19.1 Å². The first-order chi connectivity index (χ1) is 7.95. The molecule has 0 bridgehead atoms. The fourth-order valence-corrected chi connectivity index (χ4v) is 1.22. The number of amides is 1. The zero-order chi connectivity index (χ0) is 13.0. The van der Waals surface area contributed by atoms with Crippen molar-refractivity contribution in [2.24, 2.45) is 0 Å². The molecule has 0 saturated heterocycles. The lowest BCUT2D eigenvalue weighted by atomic mass is 10.1. The number of anilines is 1. The van der Waals surface area contributed by atoms with Gasteiger partial charge in [0.05, 0.1) is 23.3 Å². The molecule has 0 spiro atoms. The van der Waals surface area contributed by atoms with Gasteiger partial charge >= 0.3 is 5.97 Å². The summed E-state index contributed by atoms with van der Waals surface area (Å²) in [6.45, 7) is 1.27. The molecule has 0 aliphatic carbocycles. The Kier molecular flexibility index (Phi) is 3.76. The molecule has 0 atom stereocenters. The van der Waals surface area contributed by atoms with Gasteiger partial charge in [0.15, 0.2) is 0 Å². The highest BCUT2D eigenvalue weighted by molar-refractivity contribution is 6.01. The van der Waals surface area contributed by atoms with Crippen LogP contribution in [0.2, 0.25) is 0 Å². The van der Waals surface area contributed by atoms with Gasteiger partial charge in [0.25, 0.3) is 5.69 Å². The highest BCUT2D eigenvalue weighted by atomic mass is 16.6. The molecule has 0 aliphatic heterocycles. The van der Waals surface area contributed by atoms with Gasteiger partial charge in [-0.1, -0.05) is 0 Å². The minimum Gasteiger partial charge on any atom is -0.465 e. The van der Waals surface area contributed by atoms with Gasteiger partial charge in [0.2, 0.25) is 5.91 Å². The average molecular weight is 238 g/mol. The van der Waals surface area contributed by atoms with Crippen molar-refractivity contribution in [2.75, 3.05) is 12.4 Å². The molecular weight excluding hydrogens is 228 g/mol. The molecule has 7 nitrogen and oxygen atoms in total. The Morgan fingerprint density at radius 2 is 2.06 bits per heavy atom. The van der Waals surface area contributed by atoms with E-state index in [9.17, 15) is 19.7 Å². The summed E-state index contributed by atoms with van der Waals surface area (Å²) in [5.41, 5.74) is -0.133. The molecule has 1 aromatic rings. The van der Waals surface area contributed by atoms with Crippen LogP contribution in [0.1, 0.15) is 17.3 Å². The number of non-ortho nitro benzene ring substituents is 1. The molecule has 0 aliphatic rings. The number of carbonyl (C=O) groups is 2. The summed E-state index contributed by atoms with van der Waals surface area (Å²) in [6.07, 6.45) is 0. The monoisotopic (exact) mass is 238 g/mol. The third-order valence-corrected chi connectivity index (χ3v) is 1.93. The van der Waals surface area contributed by atoms with Crippen molar-refractivity contribution in [2.45, 2.75) is 6.92 Å². The Morgan fingerprint density at radius 3 is 2.53 bits per heavy atom. The van der Waals surface area contributed by atoms with Gasteiger partial charge in [-0.05, 0) is 6.07 Å². The minimum absolute atomic E-state index is 0.0584. The number of hydrogen-bond acceptors (Lipinski definition) is 5. The summed E-state index contributed by atoms with van der Waals surface area (Å²) in [7, 11) is 1.15. The van der Waals surface area contributed by atoms with E-state index in [-0.39, 0.29) is 22.8 Å². The molecule has 0 saturated carbocycles. The van der Waals surface area contributed by atoms with E-state index in [1.807, 2.05) is 0 Å². The Balaban J connectivity index is 3.25. The maximum Gasteiger partial charge on any atom is 0.340 e. The fourth-order valence-electron chi connectivity index (χ4n) is 1.22. The first-order valence-corrected chi connectivity index (χ1v) is 4.60. The predicted molar refractivity (Wildman–Crippen MR) is 58.7 cm³/mol. The van der Waals surface area contributed by atoms with Crippen LogP contribution in [0.3, 0.4) is 0 Å². The molecule has 1 amide bonds. The third kappa shape index (κ3) is 3.00. The summed E-state index contributed by atoms with van der Waals surface area (Å²) in [5, 5.41) is 13.0. The van der Waals surface area contributed by atoms with E-state index < -0.39 is 10.9 Å². The maximum absolute atomic E-state index is 11.4. The van der Waals surface area contributed by atoms with E-state index in [4.69, 9.17) is 0 Å². The number of benzene rings is 1. The smallest absolute Gasteiger partial charge is 0.340 e. The lowest BCUT2D eigenvalue weighted by Crippen LogP contribution is -2.12. The molecule has 1 rings (SSSR count). The molecule has 7 heteroatoms. The first-order valence-electron chi connectivity index (χ1n) is 4.60. The zero-order valence-electron chi connectivity index (χ0n) is 9.22. The highest BCUT2D eigenvalue weighted by Gasteiger charge is 2.17. The molecule has 0 heterocycles. The number of carbonyl (C=O) groups excluding carboxylic acids is 2. The SMILES string of the molecule is COC(=O)c1cc([N+](=O)[O-])ccc1NC(C)=O. The number of nitro groups is 1. The summed E-state index contributed by atoms with van der Waals surface area (Å²) in [4.78, 5) is 32.2. The first kappa shape index (κ1) is 12.6. The van der Waals surface area contributed by atoms with Gasteiger partial charge in [0.1, 0.15) is 0 Å². The van der Waals surface area contributed by atoms with Crippen LogP contribution >= 0.6 is 0 Å². The molecule has 1 aromatic carbocycles. The fraction of sp³-hybridized carbons (Fsp3) is 0.200. The Labute approximate surface area is 96.5 Å². The van der Waals surface area contributed by atoms with E-state index in [2.05, 4.69) is 10.1 Å². The molecule has 0 unspecified atom stereocenters. The lowest BCUT2D eigenvalue weighted by molar-refractivity contribution is -0.384. The second kappa shape index (κ2) is 5.06. The van der Waals surface area contributed by atoms with Crippen LogP contribution in [-0.4, -0.2) is 23.9 Å². The number of nitrogens with zero attached hydrogens (tertiary/aromatic N) is 1. The number of hydrogen-bond donors (Lipinski definition) is 1. The Hall–Kier alpha value is -2.44. The van der Waals surface area contributed by atoms with E-state index in [0.717, 1.165) is 13.2 Å². The van der Waals surface area contributed by atoms with Crippen LogP contribution in [0.15, 0.2) is 18.2 Å². The summed E-state index contributed by atoms with van der Waals surface area (Å²) in [6, 6.07) is 3.53. The van der Waals surface area contributed by atoms with Crippen molar-refractivity contribution in [1.82, 2.24) is 0 Å². The summed E-state index contributed by atoms with van der Waals surface area (Å²) in [5.74, 6) is -1.14. The van der Waals surface area contributed by atoms with Gasteiger partial charge in [0, 0.05) is 19.1 Å². The molecule has 0 fully saturated rings. The van der Waals surface area contributed by atoms with Crippen molar-refractivity contribution in [3.05, 3.63) is 33.9 Å². The minimum atomic E-state index is -0.752. The van der Waals surface area contributed by atoms with Crippen molar-refractivity contribution < 1.29 is 19.2 Å². The second-order valence-corrected chi connectivity index (χ2v) is 3.16. The Bertz CT molecular complexity index is 484. The van der Waals surface area contributed by atoms with Gasteiger partial charge in [-0.2, -0.15) is 0 Å². The van der Waals surface area contributed by atoms with Crippen LogP contribution in [0.5, 0.6) is 0 Å². The number of nitro benzene ring substituents is 1. The van der Waals surface area contributed by atoms with Crippen molar-refractivity contribution >= 4 is 23.3 Å². The molecular formula is C10H10N2O5. The number of esters is 1. The summed E-state index contributed by atoms with van der Waals surface area (Å²) < 4.78 is 4.48. The number of nitrogens with one attached hydrogen (secondary N) is 1. The van der Waals surface area contributed by atoms with E-state index in [0.29, 0.717) is 0 Å². The normalized spacial score (nSPS) is 9.53. The van der Waals surface area contributed by atoms with Gasteiger partial charge in [-0.15, -0.1) is 0 Å². The van der Waals surface area contributed by atoms with Crippen molar-refractivity contribution in [3.8, 4) is 0 Å². The lowest BCUT2D eigenvalue weighted by Gasteiger charge is -2.07. The van der Waals surface area contributed by atoms with Crippen molar-refractivity contribution in [1.29, 1.82) is 0 Å². The quantitative estimate of drug-likeness (QED) is 0.486. The number of rotatable bonds is 3. The van der Waals surface area contributed by atoms with Crippen LogP contribution in [0.4, 0.5) is 11.4 Å². The van der Waals surface area contributed by atoms with Crippen molar-refractivity contribution in [3.63, 3.8) is 0 Å². The second-order valence-electron chi connectivity index (χ2n) is 3.16. The molecule has 0 aromatic heterocycles. The standard InChI is InChI=1S/C10H10N2O5/c1-6(13)11-9-4-3-7(12(15)16)5-8(9)10(14)17-2/h3-5H,1-2H3,(H,11,13). The third-order valence-electron chi connectivity index (χ3n) is 1.93.